The third-order valence-electron chi connectivity index (χ3n) is 6.24. The molecule has 1 fully saturated rings. The molecule has 0 aliphatic heterocycles. The number of pyridine rings is 1. The zero-order valence-electron chi connectivity index (χ0n) is 19.4. The van der Waals surface area contributed by atoms with Crippen molar-refractivity contribution >= 4 is 20.9 Å². The summed E-state index contributed by atoms with van der Waals surface area (Å²) in [5.41, 5.74) is 0.603. The number of hydrogen-bond donors (Lipinski definition) is 1. The second-order valence-corrected chi connectivity index (χ2v) is 10.4. The van der Waals surface area contributed by atoms with Gasteiger partial charge in [-0.3, -0.25) is 4.98 Å². The Kier molecular flexibility index (Phi) is 6.89. The van der Waals surface area contributed by atoms with E-state index in [1.54, 1.807) is 9.29 Å². The quantitative estimate of drug-likeness (QED) is 0.391. The standard InChI is InChI=1S/C23H20F6N4O3S/c1-11-6-17(31-10-20(11)37(34,35)32-12(2)23(27,28)29)21-15(9-30)14-7-16(24)19(36-22(25)26)8-18(14)33(21)13-4-3-5-13/h6-8,10,12-13,22,32H,3-5H2,1-2H3/t12-/m0/s1. The van der Waals surface area contributed by atoms with Gasteiger partial charge in [0.25, 0.3) is 0 Å². The van der Waals surface area contributed by atoms with Gasteiger partial charge in [-0.05, 0) is 50.8 Å². The summed E-state index contributed by atoms with van der Waals surface area (Å²) in [5.74, 6) is -1.80. The highest BCUT2D eigenvalue weighted by atomic mass is 32.2. The monoisotopic (exact) mass is 546 g/mol. The largest absolute Gasteiger partial charge is 0.432 e. The van der Waals surface area contributed by atoms with E-state index in [-0.39, 0.29) is 39.5 Å². The van der Waals surface area contributed by atoms with E-state index in [0.717, 1.165) is 24.8 Å². The first-order valence-electron chi connectivity index (χ1n) is 11.0. The smallest absolute Gasteiger partial charge is 0.404 e. The molecular weight excluding hydrogens is 526 g/mol. The molecule has 0 saturated heterocycles. The lowest BCUT2D eigenvalue weighted by atomic mass is 9.92. The van der Waals surface area contributed by atoms with Crippen LogP contribution in [0, 0.1) is 24.1 Å². The maximum atomic E-state index is 14.5. The van der Waals surface area contributed by atoms with Gasteiger partial charge in [0, 0.05) is 23.7 Å². The number of fused-ring (bicyclic) bond motifs is 1. The molecule has 2 heterocycles. The Bertz CT molecular complexity index is 1510. The fraction of sp³-hybridized carbons (Fsp3) is 0.391. The van der Waals surface area contributed by atoms with Crippen LogP contribution in [0.25, 0.3) is 22.3 Å². The van der Waals surface area contributed by atoms with Gasteiger partial charge in [-0.15, -0.1) is 0 Å². The summed E-state index contributed by atoms with van der Waals surface area (Å²) in [6, 6.07) is 2.75. The highest BCUT2D eigenvalue weighted by molar-refractivity contribution is 7.89. The maximum Gasteiger partial charge on any atom is 0.404 e. The van der Waals surface area contributed by atoms with Crippen LogP contribution < -0.4 is 9.46 Å². The number of nitriles is 1. The van der Waals surface area contributed by atoms with Crippen LogP contribution in [0.1, 0.15) is 43.4 Å². The van der Waals surface area contributed by atoms with E-state index in [1.807, 2.05) is 6.07 Å². The summed E-state index contributed by atoms with van der Waals surface area (Å²) < 4.78 is 112. The summed E-state index contributed by atoms with van der Waals surface area (Å²) in [6.45, 7) is -1.26. The zero-order chi connectivity index (χ0) is 27.3. The number of aromatic nitrogens is 2. The van der Waals surface area contributed by atoms with Gasteiger partial charge in [0.15, 0.2) is 11.6 Å². The molecule has 198 valence electrons. The molecule has 37 heavy (non-hydrogen) atoms. The van der Waals surface area contributed by atoms with Crippen LogP contribution in [0.2, 0.25) is 0 Å². The minimum atomic E-state index is -4.80. The van der Waals surface area contributed by atoms with Crippen molar-refractivity contribution in [3.8, 4) is 23.2 Å². The molecule has 3 aromatic rings. The minimum Gasteiger partial charge on any atom is -0.432 e. The van der Waals surface area contributed by atoms with Crippen molar-refractivity contribution in [3.63, 3.8) is 0 Å². The van der Waals surface area contributed by atoms with Gasteiger partial charge in [0.05, 0.1) is 22.5 Å². The van der Waals surface area contributed by atoms with Crippen molar-refractivity contribution < 1.29 is 39.5 Å². The number of halogens is 6. The third kappa shape index (κ3) is 4.97. The molecule has 1 N–H and O–H groups in total. The third-order valence-corrected chi connectivity index (χ3v) is 7.91. The summed E-state index contributed by atoms with van der Waals surface area (Å²) in [6.07, 6.45) is -1.72. The number of alkyl halides is 5. The molecule has 0 amide bonds. The number of nitrogens with one attached hydrogen (secondary N) is 1. The topological polar surface area (TPSA) is 97.0 Å². The summed E-state index contributed by atoms with van der Waals surface area (Å²) >= 11 is 0. The fourth-order valence-corrected chi connectivity index (χ4v) is 5.60. The van der Waals surface area contributed by atoms with E-state index < -0.39 is 45.3 Å². The van der Waals surface area contributed by atoms with E-state index >= 15 is 0 Å². The van der Waals surface area contributed by atoms with Crippen molar-refractivity contribution in [2.45, 2.75) is 62.9 Å². The normalized spacial score (nSPS) is 15.6. The number of ether oxygens (including phenoxy) is 1. The average molecular weight is 546 g/mol. The molecule has 14 heteroatoms. The van der Waals surface area contributed by atoms with Crippen molar-refractivity contribution in [1.82, 2.24) is 14.3 Å². The van der Waals surface area contributed by atoms with Gasteiger partial charge in [0.1, 0.15) is 17.0 Å². The fourth-order valence-electron chi connectivity index (χ4n) is 4.20. The molecule has 7 nitrogen and oxygen atoms in total. The molecule has 0 unspecified atom stereocenters. The molecule has 0 spiro atoms. The molecule has 0 bridgehead atoms. The highest BCUT2D eigenvalue weighted by Crippen LogP contribution is 2.44. The van der Waals surface area contributed by atoms with Gasteiger partial charge in [0.2, 0.25) is 10.0 Å². The number of benzene rings is 1. The Balaban J connectivity index is 1.88. The molecular formula is C23H20F6N4O3S. The van der Waals surface area contributed by atoms with Gasteiger partial charge in [-0.2, -0.15) is 31.9 Å². The van der Waals surface area contributed by atoms with Gasteiger partial charge in [-0.1, -0.05) is 0 Å². The summed E-state index contributed by atoms with van der Waals surface area (Å²) in [5, 5.41) is 10.0. The predicted molar refractivity (Wildman–Crippen MR) is 120 cm³/mol. The molecule has 4 rings (SSSR count). The first kappa shape index (κ1) is 26.7. The van der Waals surface area contributed by atoms with Crippen LogP contribution in [-0.2, 0) is 10.0 Å². The van der Waals surface area contributed by atoms with Crippen molar-refractivity contribution in [3.05, 3.63) is 41.3 Å². The molecule has 1 aliphatic rings. The van der Waals surface area contributed by atoms with E-state index in [4.69, 9.17) is 0 Å². The molecule has 1 atom stereocenters. The van der Waals surface area contributed by atoms with Crippen LogP contribution in [0.4, 0.5) is 26.3 Å². The van der Waals surface area contributed by atoms with E-state index in [2.05, 4.69) is 9.72 Å². The van der Waals surface area contributed by atoms with Gasteiger partial charge >= 0.3 is 12.8 Å². The lowest BCUT2D eigenvalue weighted by molar-refractivity contribution is -0.147. The number of rotatable bonds is 7. The first-order valence-corrected chi connectivity index (χ1v) is 12.5. The summed E-state index contributed by atoms with van der Waals surface area (Å²) in [4.78, 5) is 3.64. The SMILES string of the molecule is Cc1cc(-c2c(C#N)c3cc(F)c(OC(F)F)cc3n2C2CCC2)ncc1S(=O)(=O)N[C@@H](C)C(F)(F)F. The Morgan fingerprint density at radius 1 is 1.24 bits per heavy atom. The highest BCUT2D eigenvalue weighted by Gasteiger charge is 2.39. The Labute approximate surface area is 207 Å². The first-order chi connectivity index (χ1) is 17.2. The number of hydrogen-bond acceptors (Lipinski definition) is 5. The van der Waals surface area contributed by atoms with Gasteiger partial charge < -0.3 is 9.30 Å². The van der Waals surface area contributed by atoms with Crippen LogP contribution in [0.5, 0.6) is 5.75 Å². The molecule has 1 saturated carbocycles. The Hall–Kier alpha value is -3.31. The minimum absolute atomic E-state index is 0.0178. The van der Waals surface area contributed by atoms with Gasteiger partial charge in [-0.25, -0.2) is 12.8 Å². The number of aryl methyl sites for hydroxylation is 1. The Morgan fingerprint density at radius 3 is 2.43 bits per heavy atom. The van der Waals surface area contributed by atoms with Crippen LogP contribution in [-0.4, -0.2) is 36.8 Å². The van der Waals surface area contributed by atoms with Crippen molar-refractivity contribution in [2.24, 2.45) is 0 Å². The Morgan fingerprint density at radius 2 is 1.92 bits per heavy atom. The molecule has 0 radical (unpaired) electrons. The lowest BCUT2D eigenvalue weighted by Gasteiger charge is -2.30. The lowest BCUT2D eigenvalue weighted by Crippen LogP contribution is -2.43. The average Bonchev–Trinajstić information content (AvgIpc) is 3.04. The molecule has 1 aromatic carbocycles. The predicted octanol–water partition coefficient (Wildman–Crippen LogP) is 5.58. The molecule has 2 aromatic heterocycles. The zero-order valence-corrected chi connectivity index (χ0v) is 20.2. The second-order valence-electron chi connectivity index (χ2n) is 8.69. The second kappa shape index (κ2) is 9.53. The summed E-state index contributed by atoms with van der Waals surface area (Å²) in [7, 11) is -4.60. The van der Waals surface area contributed by atoms with Crippen molar-refractivity contribution in [1.29, 1.82) is 5.26 Å². The van der Waals surface area contributed by atoms with Crippen LogP contribution in [0.3, 0.4) is 0 Å². The van der Waals surface area contributed by atoms with E-state index in [9.17, 15) is 40.0 Å². The van der Waals surface area contributed by atoms with Crippen LogP contribution in [0.15, 0.2) is 29.3 Å². The van der Waals surface area contributed by atoms with E-state index in [1.165, 1.54) is 13.0 Å². The van der Waals surface area contributed by atoms with Crippen LogP contribution >= 0.6 is 0 Å². The van der Waals surface area contributed by atoms with E-state index in [0.29, 0.717) is 19.8 Å². The van der Waals surface area contributed by atoms with Crippen molar-refractivity contribution in [2.75, 3.05) is 0 Å². The maximum absolute atomic E-state index is 14.5. The molecule has 1 aliphatic carbocycles. The number of nitrogens with zero attached hydrogens (tertiary/aromatic N) is 3. The number of sulfonamides is 1.